The molecule has 3 nitrogen and oxygen atoms in total. The Morgan fingerprint density at radius 3 is 2.83 bits per heavy atom. The summed E-state index contributed by atoms with van der Waals surface area (Å²) in [5.74, 6) is 2.03. The highest BCUT2D eigenvalue weighted by Gasteiger charge is 2.35. The van der Waals surface area contributed by atoms with Gasteiger partial charge in [0, 0.05) is 25.2 Å². The molecule has 2 saturated carbocycles. The molecule has 1 atom stereocenters. The van der Waals surface area contributed by atoms with E-state index in [4.69, 9.17) is 4.42 Å². The van der Waals surface area contributed by atoms with Crippen LogP contribution in [0.3, 0.4) is 0 Å². The van der Waals surface area contributed by atoms with E-state index in [0.717, 1.165) is 30.8 Å². The second kappa shape index (κ2) is 5.45. The van der Waals surface area contributed by atoms with E-state index in [-0.39, 0.29) is 0 Å². The summed E-state index contributed by atoms with van der Waals surface area (Å²) in [6.45, 7) is 5.59. The summed E-state index contributed by atoms with van der Waals surface area (Å²) >= 11 is 0. The van der Waals surface area contributed by atoms with E-state index in [0.29, 0.717) is 6.04 Å². The third-order valence-electron chi connectivity index (χ3n) is 4.07. The summed E-state index contributed by atoms with van der Waals surface area (Å²) in [6.07, 6.45) is 7.47. The molecule has 0 spiro atoms. The molecule has 3 rings (SSSR count). The van der Waals surface area contributed by atoms with Gasteiger partial charge in [-0.3, -0.25) is 4.90 Å². The quantitative estimate of drug-likeness (QED) is 0.766. The van der Waals surface area contributed by atoms with Gasteiger partial charge in [0.05, 0.1) is 12.8 Å². The van der Waals surface area contributed by atoms with Crippen LogP contribution < -0.4 is 5.32 Å². The van der Waals surface area contributed by atoms with Crippen LogP contribution in [0.15, 0.2) is 22.8 Å². The molecule has 0 aliphatic heterocycles. The number of rotatable bonds is 8. The van der Waals surface area contributed by atoms with Gasteiger partial charge >= 0.3 is 0 Å². The van der Waals surface area contributed by atoms with E-state index < -0.39 is 0 Å². The number of hydrogen-bond donors (Lipinski definition) is 1. The maximum absolute atomic E-state index is 5.33. The molecule has 0 bridgehead atoms. The molecule has 2 fully saturated rings. The Morgan fingerprint density at radius 1 is 1.39 bits per heavy atom. The monoisotopic (exact) mass is 248 g/mol. The first-order chi connectivity index (χ1) is 8.83. The molecule has 2 aliphatic rings. The Labute approximate surface area is 110 Å². The van der Waals surface area contributed by atoms with Gasteiger partial charge in [0.2, 0.25) is 0 Å². The van der Waals surface area contributed by atoms with Crippen molar-refractivity contribution in [2.45, 2.75) is 51.2 Å². The average Bonchev–Trinajstić information content (AvgIpc) is 3.27. The van der Waals surface area contributed by atoms with E-state index in [1.54, 1.807) is 6.26 Å². The first-order valence-corrected chi connectivity index (χ1v) is 7.32. The summed E-state index contributed by atoms with van der Waals surface area (Å²) < 4.78 is 5.33. The minimum atomic E-state index is 0.646. The van der Waals surface area contributed by atoms with Gasteiger partial charge in [0.15, 0.2) is 0 Å². The van der Waals surface area contributed by atoms with Crippen molar-refractivity contribution < 1.29 is 4.42 Å². The first-order valence-electron chi connectivity index (χ1n) is 7.32. The van der Waals surface area contributed by atoms with E-state index in [9.17, 15) is 0 Å². The summed E-state index contributed by atoms with van der Waals surface area (Å²) in [5.41, 5.74) is 0. The van der Waals surface area contributed by atoms with E-state index in [1.165, 1.54) is 32.2 Å². The van der Waals surface area contributed by atoms with Crippen LogP contribution in [0.25, 0.3) is 0 Å². The first kappa shape index (κ1) is 12.2. The van der Waals surface area contributed by atoms with E-state index in [1.807, 2.05) is 12.1 Å². The maximum Gasteiger partial charge on any atom is 0.117 e. The summed E-state index contributed by atoms with van der Waals surface area (Å²) in [4.78, 5) is 2.73. The lowest BCUT2D eigenvalue weighted by atomic mass is 10.2. The number of nitrogens with zero attached hydrogens (tertiary/aromatic N) is 1. The fourth-order valence-corrected chi connectivity index (χ4v) is 2.63. The van der Waals surface area contributed by atoms with Crippen molar-refractivity contribution in [3.05, 3.63) is 24.2 Å². The van der Waals surface area contributed by atoms with Gasteiger partial charge in [-0.25, -0.2) is 0 Å². The van der Waals surface area contributed by atoms with E-state index >= 15 is 0 Å². The molecule has 1 N–H and O–H groups in total. The summed E-state index contributed by atoms with van der Waals surface area (Å²) in [5, 5.41) is 3.51. The molecule has 18 heavy (non-hydrogen) atoms. The minimum absolute atomic E-state index is 0.646. The minimum Gasteiger partial charge on any atom is -0.468 e. The lowest BCUT2D eigenvalue weighted by Gasteiger charge is -2.29. The fraction of sp³-hybridized carbons (Fsp3) is 0.733. The fourth-order valence-electron chi connectivity index (χ4n) is 2.63. The topological polar surface area (TPSA) is 28.4 Å². The lowest BCUT2D eigenvalue weighted by molar-refractivity contribution is 0.185. The van der Waals surface area contributed by atoms with Crippen LogP contribution in [0.1, 0.15) is 38.4 Å². The van der Waals surface area contributed by atoms with Crippen molar-refractivity contribution in [1.82, 2.24) is 10.2 Å². The van der Waals surface area contributed by atoms with Crippen LogP contribution in [0.4, 0.5) is 0 Å². The standard InChI is InChI=1S/C15H24N2O/c1-12(9-16-10-15-3-2-8-18-15)17(14-6-7-14)11-13-4-5-13/h2-3,8,12-14,16H,4-7,9-11H2,1H3. The van der Waals surface area contributed by atoms with Crippen molar-refractivity contribution in [2.75, 3.05) is 13.1 Å². The molecule has 1 unspecified atom stereocenters. The highest BCUT2D eigenvalue weighted by Crippen LogP contribution is 2.35. The van der Waals surface area contributed by atoms with Gasteiger partial charge < -0.3 is 9.73 Å². The second-order valence-corrected chi connectivity index (χ2v) is 5.93. The molecule has 1 heterocycles. The van der Waals surface area contributed by atoms with Crippen LogP contribution >= 0.6 is 0 Å². The van der Waals surface area contributed by atoms with Crippen LogP contribution in [0, 0.1) is 5.92 Å². The molecule has 3 heteroatoms. The molecule has 0 aromatic carbocycles. The van der Waals surface area contributed by atoms with Crippen LogP contribution in [0.5, 0.6) is 0 Å². The van der Waals surface area contributed by atoms with Crippen LogP contribution in [-0.4, -0.2) is 30.1 Å². The number of furan rings is 1. The highest BCUT2D eigenvalue weighted by atomic mass is 16.3. The zero-order valence-electron chi connectivity index (χ0n) is 11.3. The van der Waals surface area contributed by atoms with Gasteiger partial charge in [-0.1, -0.05) is 0 Å². The lowest BCUT2D eigenvalue weighted by Crippen LogP contribution is -2.42. The van der Waals surface area contributed by atoms with Gasteiger partial charge in [0.25, 0.3) is 0 Å². The molecule has 1 aromatic heterocycles. The maximum atomic E-state index is 5.33. The predicted molar refractivity (Wildman–Crippen MR) is 72.3 cm³/mol. The Bertz CT molecular complexity index is 355. The number of nitrogens with one attached hydrogen (secondary N) is 1. The van der Waals surface area contributed by atoms with E-state index in [2.05, 4.69) is 17.1 Å². The SMILES string of the molecule is CC(CNCc1ccco1)N(CC1CC1)C1CC1. The average molecular weight is 248 g/mol. The zero-order valence-corrected chi connectivity index (χ0v) is 11.3. The molecule has 2 aliphatic carbocycles. The Morgan fingerprint density at radius 2 is 2.22 bits per heavy atom. The Hall–Kier alpha value is -0.800. The van der Waals surface area contributed by atoms with Gasteiger partial charge in [-0.2, -0.15) is 0 Å². The van der Waals surface area contributed by atoms with Gasteiger partial charge in [0.1, 0.15) is 5.76 Å². The second-order valence-electron chi connectivity index (χ2n) is 5.93. The summed E-state index contributed by atoms with van der Waals surface area (Å²) in [6, 6.07) is 5.50. The van der Waals surface area contributed by atoms with Crippen molar-refractivity contribution in [3.63, 3.8) is 0 Å². The molecule has 0 amide bonds. The normalized spacial score (nSPS) is 21.4. The largest absolute Gasteiger partial charge is 0.468 e. The molecule has 0 radical (unpaired) electrons. The van der Waals surface area contributed by atoms with Gasteiger partial charge in [-0.15, -0.1) is 0 Å². The zero-order chi connectivity index (χ0) is 12.4. The highest BCUT2D eigenvalue weighted by molar-refractivity contribution is 4.98. The smallest absolute Gasteiger partial charge is 0.117 e. The molecule has 100 valence electrons. The Balaban J connectivity index is 1.42. The molecular formula is C15H24N2O. The molecular weight excluding hydrogens is 224 g/mol. The molecule has 0 saturated heterocycles. The Kier molecular flexibility index (Phi) is 3.71. The van der Waals surface area contributed by atoms with Crippen molar-refractivity contribution in [1.29, 1.82) is 0 Å². The van der Waals surface area contributed by atoms with Crippen LogP contribution in [-0.2, 0) is 6.54 Å². The summed E-state index contributed by atoms with van der Waals surface area (Å²) in [7, 11) is 0. The molecule has 1 aromatic rings. The van der Waals surface area contributed by atoms with Gasteiger partial charge in [-0.05, 0) is 50.7 Å². The van der Waals surface area contributed by atoms with Crippen LogP contribution in [0.2, 0.25) is 0 Å². The third-order valence-corrected chi connectivity index (χ3v) is 4.07. The third kappa shape index (κ3) is 3.36. The number of hydrogen-bond acceptors (Lipinski definition) is 3. The predicted octanol–water partition coefficient (Wildman–Crippen LogP) is 2.63. The van der Waals surface area contributed by atoms with Crippen molar-refractivity contribution >= 4 is 0 Å². The van der Waals surface area contributed by atoms with Crippen molar-refractivity contribution in [3.8, 4) is 0 Å². The van der Waals surface area contributed by atoms with Crippen molar-refractivity contribution in [2.24, 2.45) is 5.92 Å².